The van der Waals surface area contributed by atoms with Gasteiger partial charge in [0.25, 0.3) is 0 Å². The van der Waals surface area contributed by atoms with Crippen LogP contribution in [0.3, 0.4) is 0 Å². The third-order valence-corrected chi connectivity index (χ3v) is 3.32. The summed E-state index contributed by atoms with van der Waals surface area (Å²) in [6.07, 6.45) is 2.22. The fraction of sp³-hybridized carbons (Fsp3) is 0.615. The topological polar surface area (TPSA) is 72.3 Å². The molecule has 1 N–H and O–H groups in total. The summed E-state index contributed by atoms with van der Waals surface area (Å²) >= 11 is 0. The third kappa shape index (κ3) is 2.67. The van der Waals surface area contributed by atoms with E-state index in [9.17, 15) is 4.79 Å². The van der Waals surface area contributed by atoms with E-state index in [0.29, 0.717) is 17.3 Å². The maximum Gasteiger partial charge on any atom is 0.307 e. The first-order valence-corrected chi connectivity index (χ1v) is 6.11. The summed E-state index contributed by atoms with van der Waals surface area (Å²) < 4.78 is 5.45. The number of carbonyl (C=O) groups is 1. The van der Waals surface area contributed by atoms with E-state index in [1.807, 2.05) is 13.8 Å². The number of rotatable bonds is 5. The summed E-state index contributed by atoms with van der Waals surface area (Å²) in [6.45, 7) is 3.66. The number of methoxy groups -OCH3 is 1. The van der Waals surface area contributed by atoms with Crippen LogP contribution in [0.1, 0.15) is 41.7 Å². The average Bonchev–Trinajstić information content (AvgIpc) is 3.08. The van der Waals surface area contributed by atoms with Gasteiger partial charge in [-0.25, -0.2) is 9.97 Å². The van der Waals surface area contributed by atoms with Crippen LogP contribution in [0.25, 0.3) is 0 Å². The van der Waals surface area contributed by atoms with Crippen molar-refractivity contribution in [3.05, 3.63) is 22.8 Å². The highest BCUT2D eigenvalue weighted by Gasteiger charge is 2.34. The van der Waals surface area contributed by atoms with E-state index >= 15 is 0 Å². The van der Waals surface area contributed by atoms with Crippen LogP contribution in [0, 0.1) is 19.8 Å². The minimum Gasteiger partial charge on any atom is -0.481 e. The van der Waals surface area contributed by atoms with Crippen LogP contribution in [-0.2, 0) is 16.0 Å². The normalized spacial score (nSPS) is 16.6. The van der Waals surface area contributed by atoms with Crippen LogP contribution >= 0.6 is 0 Å². The lowest BCUT2D eigenvalue weighted by Crippen LogP contribution is -2.14. The summed E-state index contributed by atoms with van der Waals surface area (Å²) in [4.78, 5) is 19.6. The zero-order valence-corrected chi connectivity index (χ0v) is 10.9. The largest absolute Gasteiger partial charge is 0.481 e. The van der Waals surface area contributed by atoms with Gasteiger partial charge in [0.05, 0.1) is 6.42 Å². The second-order valence-electron chi connectivity index (χ2n) is 4.80. The van der Waals surface area contributed by atoms with Crippen LogP contribution in [-0.4, -0.2) is 28.2 Å². The quantitative estimate of drug-likeness (QED) is 0.863. The van der Waals surface area contributed by atoms with Crippen LogP contribution in [0.4, 0.5) is 0 Å². The van der Waals surface area contributed by atoms with Gasteiger partial charge >= 0.3 is 5.97 Å². The third-order valence-electron chi connectivity index (χ3n) is 3.32. The second-order valence-corrected chi connectivity index (χ2v) is 4.80. The molecule has 0 bridgehead atoms. The predicted octanol–water partition coefficient (Wildman–Crippen LogP) is 1.82. The molecule has 1 aromatic rings. The lowest BCUT2D eigenvalue weighted by atomic mass is 10.1. The molecule has 0 amide bonds. The summed E-state index contributed by atoms with van der Waals surface area (Å²) in [5.74, 6) is 0.339. The predicted molar refractivity (Wildman–Crippen MR) is 65.3 cm³/mol. The Morgan fingerprint density at radius 3 is 2.33 bits per heavy atom. The highest BCUT2D eigenvalue weighted by atomic mass is 16.5. The molecule has 1 heterocycles. The Balaban J connectivity index is 2.31. The van der Waals surface area contributed by atoms with Gasteiger partial charge in [0, 0.05) is 24.1 Å². The molecule has 5 heteroatoms. The van der Waals surface area contributed by atoms with Crippen LogP contribution in [0.2, 0.25) is 0 Å². The summed E-state index contributed by atoms with van der Waals surface area (Å²) in [5.41, 5.74) is 2.18. The average molecular weight is 250 g/mol. The van der Waals surface area contributed by atoms with Crippen molar-refractivity contribution >= 4 is 5.97 Å². The number of carboxylic acids is 1. The number of aryl methyl sites for hydroxylation is 2. The van der Waals surface area contributed by atoms with Gasteiger partial charge in [-0.1, -0.05) is 0 Å². The number of hydrogen-bond acceptors (Lipinski definition) is 4. The molecule has 2 rings (SSSR count). The minimum absolute atomic E-state index is 0.0287. The first kappa shape index (κ1) is 13.0. The molecule has 0 aromatic carbocycles. The van der Waals surface area contributed by atoms with Gasteiger partial charge in [-0.15, -0.1) is 0 Å². The first-order chi connectivity index (χ1) is 8.52. The van der Waals surface area contributed by atoms with Crippen molar-refractivity contribution in [2.45, 2.75) is 39.2 Å². The number of aliphatic carboxylic acids is 1. The Morgan fingerprint density at radius 1 is 1.39 bits per heavy atom. The molecule has 1 aromatic heterocycles. The smallest absolute Gasteiger partial charge is 0.307 e. The molecule has 1 saturated carbocycles. The Morgan fingerprint density at radius 2 is 1.94 bits per heavy atom. The van der Waals surface area contributed by atoms with Gasteiger partial charge in [-0.2, -0.15) is 0 Å². The summed E-state index contributed by atoms with van der Waals surface area (Å²) in [7, 11) is 1.67. The van der Waals surface area contributed by atoms with Gasteiger partial charge in [0.2, 0.25) is 0 Å². The number of ether oxygens (including phenoxy) is 1. The zero-order valence-electron chi connectivity index (χ0n) is 10.9. The Hall–Kier alpha value is -1.49. The van der Waals surface area contributed by atoms with Crippen molar-refractivity contribution in [1.82, 2.24) is 9.97 Å². The fourth-order valence-electron chi connectivity index (χ4n) is 2.21. The van der Waals surface area contributed by atoms with Gasteiger partial charge in [0.1, 0.15) is 6.10 Å². The van der Waals surface area contributed by atoms with Crippen molar-refractivity contribution in [1.29, 1.82) is 0 Å². The monoisotopic (exact) mass is 250 g/mol. The Labute approximate surface area is 106 Å². The maximum atomic E-state index is 10.8. The number of carboxylic acid groups (broad SMARTS) is 1. The molecule has 18 heavy (non-hydrogen) atoms. The van der Waals surface area contributed by atoms with E-state index < -0.39 is 5.97 Å². The van der Waals surface area contributed by atoms with E-state index in [1.165, 1.54) is 0 Å². The molecule has 1 fully saturated rings. The standard InChI is InChI=1S/C13H18N2O3/c1-7-10(6-11(16)17)8(2)15-13(14-7)12(18-3)9-4-5-9/h9,12H,4-6H2,1-3H3,(H,16,17). The van der Waals surface area contributed by atoms with E-state index in [0.717, 1.165) is 24.2 Å². The van der Waals surface area contributed by atoms with Crippen molar-refractivity contribution < 1.29 is 14.6 Å². The number of hydrogen-bond donors (Lipinski definition) is 1. The van der Waals surface area contributed by atoms with E-state index in [2.05, 4.69) is 9.97 Å². The number of aromatic nitrogens is 2. The molecule has 98 valence electrons. The van der Waals surface area contributed by atoms with Gasteiger partial charge in [-0.05, 0) is 32.6 Å². The second kappa shape index (κ2) is 5.02. The van der Waals surface area contributed by atoms with Crippen molar-refractivity contribution in [3.63, 3.8) is 0 Å². The highest BCUT2D eigenvalue weighted by molar-refractivity contribution is 5.70. The van der Waals surface area contributed by atoms with Crippen molar-refractivity contribution in [3.8, 4) is 0 Å². The molecule has 5 nitrogen and oxygen atoms in total. The fourth-order valence-corrected chi connectivity index (χ4v) is 2.21. The molecule has 1 unspecified atom stereocenters. The molecular weight excluding hydrogens is 232 g/mol. The summed E-state index contributed by atoms with van der Waals surface area (Å²) in [5, 5.41) is 8.86. The molecule has 0 aliphatic heterocycles. The number of nitrogens with zero attached hydrogens (tertiary/aromatic N) is 2. The highest BCUT2D eigenvalue weighted by Crippen LogP contribution is 2.42. The molecule has 1 atom stereocenters. The minimum atomic E-state index is -0.858. The molecular formula is C13H18N2O3. The molecule has 0 saturated heterocycles. The van der Waals surface area contributed by atoms with Crippen LogP contribution < -0.4 is 0 Å². The van der Waals surface area contributed by atoms with Gasteiger partial charge in [-0.3, -0.25) is 4.79 Å². The van der Waals surface area contributed by atoms with Crippen molar-refractivity contribution in [2.75, 3.05) is 7.11 Å². The van der Waals surface area contributed by atoms with E-state index in [-0.39, 0.29) is 12.5 Å². The Bertz CT molecular complexity index is 446. The first-order valence-electron chi connectivity index (χ1n) is 6.11. The SMILES string of the molecule is COC(c1nc(C)c(CC(=O)O)c(C)n1)C1CC1. The molecule has 0 spiro atoms. The van der Waals surface area contributed by atoms with E-state index in [1.54, 1.807) is 7.11 Å². The lowest BCUT2D eigenvalue weighted by molar-refractivity contribution is -0.136. The molecule has 1 aliphatic carbocycles. The summed E-state index contributed by atoms with van der Waals surface area (Å²) in [6, 6.07) is 0. The Kier molecular flexibility index (Phi) is 3.61. The van der Waals surface area contributed by atoms with Crippen molar-refractivity contribution in [2.24, 2.45) is 5.92 Å². The molecule has 1 aliphatic rings. The zero-order chi connectivity index (χ0) is 13.3. The van der Waals surface area contributed by atoms with Gasteiger partial charge < -0.3 is 9.84 Å². The van der Waals surface area contributed by atoms with E-state index in [4.69, 9.17) is 9.84 Å². The maximum absolute atomic E-state index is 10.8. The lowest BCUT2D eigenvalue weighted by Gasteiger charge is -2.16. The molecule has 0 radical (unpaired) electrons. The van der Waals surface area contributed by atoms with Crippen LogP contribution in [0.15, 0.2) is 0 Å². The van der Waals surface area contributed by atoms with Crippen LogP contribution in [0.5, 0.6) is 0 Å². The van der Waals surface area contributed by atoms with Gasteiger partial charge in [0.15, 0.2) is 5.82 Å².